The van der Waals surface area contributed by atoms with Gasteiger partial charge in [-0.15, -0.1) is 0 Å². The number of aryl methyl sites for hydroxylation is 1. The van der Waals surface area contributed by atoms with Crippen molar-refractivity contribution in [3.8, 4) is 0 Å². The van der Waals surface area contributed by atoms with Crippen LogP contribution in [-0.4, -0.2) is 11.3 Å². The van der Waals surface area contributed by atoms with E-state index in [-0.39, 0.29) is 0 Å². The van der Waals surface area contributed by atoms with E-state index in [1.54, 1.807) is 0 Å². The summed E-state index contributed by atoms with van der Waals surface area (Å²) in [7, 11) is 0. The second-order valence-corrected chi connectivity index (χ2v) is 3.18. The quantitative estimate of drug-likeness (QED) is 0.694. The fraction of sp³-hybridized carbons (Fsp3) is 0.182. The summed E-state index contributed by atoms with van der Waals surface area (Å²) in [5, 5.41) is 1.19. The molecule has 1 aromatic carbocycles. The fourth-order valence-corrected chi connectivity index (χ4v) is 1.70. The lowest BCUT2D eigenvalue weighted by Gasteiger charge is -1.98. The maximum absolute atomic E-state index is 10.4. The van der Waals surface area contributed by atoms with Gasteiger partial charge in [0.05, 0.1) is 0 Å². The van der Waals surface area contributed by atoms with Gasteiger partial charge in [-0.2, -0.15) is 0 Å². The van der Waals surface area contributed by atoms with E-state index in [9.17, 15) is 4.79 Å². The van der Waals surface area contributed by atoms with E-state index in [2.05, 4.69) is 4.98 Å². The van der Waals surface area contributed by atoms with Gasteiger partial charge in [-0.25, -0.2) is 0 Å². The Morgan fingerprint density at radius 1 is 1.46 bits per heavy atom. The Kier molecular flexibility index (Phi) is 1.89. The lowest BCUT2D eigenvalue weighted by Crippen LogP contribution is -1.87. The average molecular weight is 173 g/mol. The van der Waals surface area contributed by atoms with Crippen molar-refractivity contribution in [1.29, 1.82) is 0 Å². The number of H-pyrrole nitrogens is 1. The van der Waals surface area contributed by atoms with E-state index in [0.29, 0.717) is 6.42 Å². The molecular formula is C11H11NO. The van der Waals surface area contributed by atoms with Crippen LogP contribution in [0.5, 0.6) is 0 Å². The molecule has 0 bridgehead atoms. The largest absolute Gasteiger partial charge is 0.361 e. The van der Waals surface area contributed by atoms with Crippen molar-refractivity contribution >= 4 is 17.2 Å². The molecule has 2 nitrogen and oxygen atoms in total. The van der Waals surface area contributed by atoms with E-state index < -0.39 is 0 Å². The highest BCUT2D eigenvalue weighted by molar-refractivity contribution is 5.87. The third-order valence-electron chi connectivity index (χ3n) is 2.29. The molecule has 0 spiro atoms. The van der Waals surface area contributed by atoms with Gasteiger partial charge >= 0.3 is 0 Å². The highest BCUT2D eigenvalue weighted by atomic mass is 16.1. The third kappa shape index (κ3) is 1.24. The number of carbonyl (C=O) groups is 1. The molecule has 0 saturated heterocycles. The van der Waals surface area contributed by atoms with Gasteiger partial charge in [0.2, 0.25) is 0 Å². The van der Waals surface area contributed by atoms with E-state index in [0.717, 1.165) is 17.4 Å². The maximum atomic E-state index is 10.4. The van der Waals surface area contributed by atoms with Gasteiger partial charge in [0.15, 0.2) is 0 Å². The molecule has 2 rings (SSSR count). The zero-order valence-corrected chi connectivity index (χ0v) is 7.50. The molecule has 0 aliphatic heterocycles. The van der Waals surface area contributed by atoms with E-state index >= 15 is 0 Å². The summed E-state index contributed by atoms with van der Waals surface area (Å²) >= 11 is 0. The van der Waals surface area contributed by atoms with Crippen LogP contribution in [0.1, 0.15) is 11.1 Å². The first-order valence-corrected chi connectivity index (χ1v) is 4.32. The summed E-state index contributed by atoms with van der Waals surface area (Å²) in [6.45, 7) is 2.05. The molecule has 2 aromatic rings. The molecule has 1 heterocycles. The van der Waals surface area contributed by atoms with Crippen molar-refractivity contribution in [3.05, 3.63) is 35.5 Å². The number of fused-ring (bicyclic) bond motifs is 1. The number of hydrogen-bond donors (Lipinski definition) is 1. The van der Waals surface area contributed by atoms with E-state index in [4.69, 9.17) is 0 Å². The van der Waals surface area contributed by atoms with Crippen LogP contribution >= 0.6 is 0 Å². The fourth-order valence-electron chi connectivity index (χ4n) is 1.70. The number of aldehydes is 1. The number of rotatable bonds is 2. The van der Waals surface area contributed by atoms with Gasteiger partial charge < -0.3 is 9.78 Å². The smallest absolute Gasteiger partial charge is 0.124 e. The van der Waals surface area contributed by atoms with Crippen LogP contribution in [0.2, 0.25) is 0 Å². The van der Waals surface area contributed by atoms with Gasteiger partial charge in [-0.05, 0) is 24.1 Å². The zero-order chi connectivity index (χ0) is 9.26. The van der Waals surface area contributed by atoms with Gasteiger partial charge in [0.25, 0.3) is 0 Å². The van der Waals surface area contributed by atoms with Crippen LogP contribution < -0.4 is 0 Å². The lowest BCUT2D eigenvalue weighted by atomic mass is 10.1. The second-order valence-electron chi connectivity index (χ2n) is 3.18. The van der Waals surface area contributed by atoms with Crippen molar-refractivity contribution < 1.29 is 4.79 Å². The summed E-state index contributed by atoms with van der Waals surface area (Å²) in [6, 6.07) is 5.99. The molecular weight excluding hydrogens is 162 g/mol. The predicted octanol–water partition coefficient (Wildman–Crippen LogP) is 2.22. The molecule has 0 atom stereocenters. The maximum Gasteiger partial charge on any atom is 0.124 e. The van der Waals surface area contributed by atoms with Crippen LogP contribution in [0.25, 0.3) is 10.9 Å². The molecule has 0 unspecified atom stereocenters. The highest BCUT2D eigenvalue weighted by Gasteiger charge is 2.03. The first-order chi connectivity index (χ1) is 6.33. The van der Waals surface area contributed by atoms with E-state index in [1.807, 2.05) is 31.3 Å². The average Bonchev–Trinajstić information content (AvgIpc) is 2.50. The number of carbonyl (C=O) groups excluding carboxylic acids is 1. The molecule has 1 aromatic heterocycles. The van der Waals surface area contributed by atoms with Crippen molar-refractivity contribution in [2.24, 2.45) is 0 Å². The number of aromatic amines is 1. The van der Waals surface area contributed by atoms with Crippen LogP contribution in [0.15, 0.2) is 24.4 Å². The number of benzene rings is 1. The number of hydrogen-bond acceptors (Lipinski definition) is 1. The molecule has 66 valence electrons. The highest BCUT2D eigenvalue weighted by Crippen LogP contribution is 2.21. The van der Waals surface area contributed by atoms with E-state index in [1.165, 1.54) is 10.9 Å². The Bertz CT molecular complexity index is 442. The Morgan fingerprint density at radius 3 is 3.08 bits per heavy atom. The summed E-state index contributed by atoms with van der Waals surface area (Å²) in [5.74, 6) is 0. The van der Waals surface area contributed by atoms with Crippen LogP contribution in [0.3, 0.4) is 0 Å². The minimum absolute atomic E-state index is 0.496. The van der Waals surface area contributed by atoms with Crippen molar-refractivity contribution in [3.63, 3.8) is 0 Å². The van der Waals surface area contributed by atoms with Gasteiger partial charge in [-0.3, -0.25) is 0 Å². The van der Waals surface area contributed by atoms with Crippen LogP contribution in [0, 0.1) is 6.92 Å². The summed E-state index contributed by atoms with van der Waals surface area (Å²) < 4.78 is 0. The monoisotopic (exact) mass is 173 g/mol. The second kappa shape index (κ2) is 3.05. The summed E-state index contributed by atoms with van der Waals surface area (Å²) in [4.78, 5) is 13.6. The van der Waals surface area contributed by atoms with Crippen LogP contribution in [0.4, 0.5) is 0 Å². The molecule has 13 heavy (non-hydrogen) atoms. The molecule has 0 amide bonds. The number of nitrogens with one attached hydrogen (secondary N) is 1. The van der Waals surface area contributed by atoms with Crippen molar-refractivity contribution in [1.82, 2.24) is 4.98 Å². The van der Waals surface area contributed by atoms with Crippen molar-refractivity contribution in [2.75, 3.05) is 0 Å². The van der Waals surface area contributed by atoms with Crippen molar-refractivity contribution in [2.45, 2.75) is 13.3 Å². The normalized spacial score (nSPS) is 10.5. The molecule has 1 N–H and O–H groups in total. The van der Waals surface area contributed by atoms with Gasteiger partial charge in [0, 0.05) is 23.5 Å². The Morgan fingerprint density at radius 2 is 2.31 bits per heavy atom. The molecule has 0 aliphatic rings. The molecule has 0 radical (unpaired) electrons. The lowest BCUT2D eigenvalue weighted by molar-refractivity contribution is -0.107. The Balaban J connectivity index is 2.72. The number of aromatic nitrogens is 1. The first-order valence-electron chi connectivity index (χ1n) is 4.32. The molecule has 0 fully saturated rings. The summed E-state index contributed by atoms with van der Waals surface area (Å²) in [6.07, 6.45) is 3.41. The van der Waals surface area contributed by atoms with Crippen LogP contribution in [-0.2, 0) is 11.2 Å². The topological polar surface area (TPSA) is 32.9 Å². The minimum atomic E-state index is 0.496. The third-order valence-corrected chi connectivity index (χ3v) is 2.29. The standard InChI is InChI=1S/C11H11NO/c1-8-7-12-10-4-2-3-9(5-6-13)11(8)10/h2-4,6-7,12H,5H2,1H3. The van der Waals surface area contributed by atoms with Gasteiger partial charge in [-0.1, -0.05) is 12.1 Å². The first kappa shape index (κ1) is 8.05. The predicted molar refractivity (Wildman–Crippen MR) is 52.8 cm³/mol. The Hall–Kier alpha value is -1.57. The molecule has 2 heteroatoms. The van der Waals surface area contributed by atoms with Gasteiger partial charge in [0.1, 0.15) is 6.29 Å². The molecule has 0 saturated carbocycles. The summed E-state index contributed by atoms with van der Waals surface area (Å²) in [5.41, 5.74) is 3.41. The minimum Gasteiger partial charge on any atom is -0.361 e. The molecule has 0 aliphatic carbocycles. The zero-order valence-electron chi connectivity index (χ0n) is 7.50. The Labute approximate surface area is 76.6 Å². The SMILES string of the molecule is Cc1c[nH]c2cccc(CC=O)c12.